The van der Waals surface area contributed by atoms with E-state index < -0.39 is 11.8 Å². The van der Waals surface area contributed by atoms with Gasteiger partial charge in [0.1, 0.15) is 11.9 Å². The Hall–Kier alpha value is -1.88. The van der Waals surface area contributed by atoms with Gasteiger partial charge in [-0.05, 0) is 31.2 Å². The fourth-order valence-electron chi connectivity index (χ4n) is 1.99. The molecule has 0 spiro atoms. The molecule has 0 unspecified atom stereocenters. The number of benzene rings is 1. The van der Waals surface area contributed by atoms with E-state index in [-0.39, 0.29) is 12.7 Å². The van der Waals surface area contributed by atoms with E-state index in [1.165, 1.54) is 0 Å². The number of rotatable bonds is 5. The first-order valence-electron chi connectivity index (χ1n) is 6.76. The average molecular weight is 278 g/mol. The number of carbonyl (C=O) groups excluding carboxylic acids is 2. The Bertz CT molecular complexity index is 460. The van der Waals surface area contributed by atoms with Gasteiger partial charge in [0.2, 0.25) is 0 Å². The molecule has 108 valence electrons. The summed E-state index contributed by atoms with van der Waals surface area (Å²) in [6.45, 7) is 3.28. The molecule has 5 heteroatoms. The van der Waals surface area contributed by atoms with Crippen LogP contribution in [0.25, 0.3) is 0 Å². The molecule has 1 aliphatic rings. The molecule has 1 fully saturated rings. The number of hydrogen-bond acceptors (Lipinski definition) is 5. The van der Waals surface area contributed by atoms with Crippen LogP contribution in [0.15, 0.2) is 24.3 Å². The van der Waals surface area contributed by atoms with Crippen molar-refractivity contribution in [2.45, 2.75) is 25.9 Å². The maximum Gasteiger partial charge on any atom is 0.379 e. The van der Waals surface area contributed by atoms with Crippen LogP contribution in [0.5, 0.6) is 5.75 Å². The first kappa shape index (κ1) is 14.5. The largest absolute Gasteiger partial charge is 0.490 e. The maximum atomic E-state index is 11.7. The molecular formula is C15H18O5. The summed E-state index contributed by atoms with van der Waals surface area (Å²) < 4.78 is 15.7. The van der Waals surface area contributed by atoms with Crippen LogP contribution in [0.3, 0.4) is 0 Å². The highest BCUT2D eigenvalue weighted by Crippen LogP contribution is 2.18. The van der Waals surface area contributed by atoms with Crippen LogP contribution in [0.2, 0.25) is 0 Å². The van der Waals surface area contributed by atoms with E-state index in [1.54, 1.807) is 31.2 Å². The predicted molar refractivity (Wildman–Crippen MR) is 71.9 cm³/mol. The third-order valence-corrected chi connectivity index (χ3v) is 3.05. The summed E-state index contributed by atoms with van der Waals surface area (Å²) in [5.41, 5.74) is 0.308. The SMILES string of the molecule is CCOC(=O)C(=O)c1ccc(OC2CCOCC2)cc1. The third kappa shape index (κ3) is 3.81. The Balaban J connectivity index is 1.95. The molecule has 0 N–H and O–H groups in total. The van der Waals surface area contributed by atoms with Gasteiger partial charge >= 0.3 is 5.97 Å². The second-order valence-corrected chi connectivity index (χ2v) is 4.50. The van der Waals surface area contributed by atoms with Gasteiger partial charge in [0.05, 0.1) is 19.8 Å². The van der Waals surface area contributed by atoms with Crippen LogP contribution in [-0.2, 0) is 14.3 Å². The van der Waals surface area contributed by atoms with Gasteiger partial charge in [-0.15, -0.1) is 0 Å². The number of Topliss-reactive ketones (excluding diaryl/α,β-unsaturated/α-hetero) is 1. The fraction of sp³-hybridized carbons (Fsp3) is 0.467. The van der Waals surface area contributed by atoms with Gasteiger partial charge in [0.15, 0.2) is 0 Å². The number of ketones is 1. The van der Waals surface area contributed by atoms with E-state index >= 15 is 0 Å². The Kier molecular flexibility index (Phi) is 5.12. The molecule has 0 amide bonds. The van der Waals surface area contributed by atoms with E-state index in [1.807, 2.05) is 0 Å². The normalized spacial score (nSPS) is 15.7. The molecule has 2 rings (SSSR count). The molecule has 0 bridgehead atoms. The molecule has 5 nitrogen and oxygen atoms in total. The molecule has 0 saturated carbocycles. The summed E-state index contributed by atoms with van der Waals surface area (Å²) in [5.74, 6) is -0.771. The van der Waals surface area contributed by atoms with Gasteiger partial charge in [-0.25, -0.2) is 4.79 Å². The minimum atomic E-state index is -0.828. The van der Waals surface area contributed by atoms with Crippen molar-refractivity contribution < 1.29 is 23.8 Å². The maximum absolute atomic E-state index is 11.7. The van der Waals surface area contributed by atoms with Gasteiger partial charge in [-0.3, -0.25) is 4.79 Å². The minimum Gasteiger partial charge on any atom is -0.490 e. The van der Waals surface area contributed by atoms with Crippen molar-refractivity contribution in [3.8, 4) is 5.75 Å². The van der Waals surface area contributed by atoms with Gasteiger partial charge in [0, 0.05) is 18.4 Å². The zero-order valence-electron chi connectivity index (χ0n) is 11.5. The van der Waals surface area contributed by atoms with Crippen LogP contribution < -0.4 is 4.74 Å². The lowest BCUT2D eigenvalue weighted by Gasteiger charge is -2.23. The Morgan fingerprint density at radius 1 is 1.20 bits per heavy atom. The summed E-state index contributed by atoms with van der Waals surface area (Å²) >= 11 is 0. The van der Waals surface area contributed by atoms with Crippen LogP contribution >= 0.6 is 0 Å². The van der Waals surface area contributed by atoms with E-state index in [4.69, 9.17) is 9.47 Å². The molecule has 0 aromatic heterocycles. The van der Waals surface area contributed by atoms with Crippen molar-refractivity contribution in [3.05, 3.63) is 29.8 Å². The van der Waals surface area contributed by atoms with E-state index in [2.05, 4.69) is 4.74 Å². The highest BCUT2D eigenvalue weighted by molar-refractivity contribution is 6.40. The topological polar surface area (TPSA) is 61.8 Å². The fourth-order valence-corrected chi connectivity index (χ4v) is 1.99. The number of hydrogen-bond donors (Lipinski definition) is 0. The van der Waals surface area contributed by atoms with E-state index in [0.29, 0.717) is 24.5 Å². The van der Waals surface area contributed by atoms with Crippen molar-refractivity contribution in [1.29, 1.82) is 0 Å². The molecule has 1 aliphatic heterocycles. The molecule has 0 radical (unpaired) electrons. The number of carbonyl (C=O) groups is 2. The summed E-state index contributed by atoms with van der Waals surface area (Å²) in [6.07, 6.45) is 1.88. The second-order valence-electron chi connectivity index (χ2n) is 4.50. The molecule has 1 heterocycles. The van der Waals surface area contributed by atoms with Crippen LogP contribution in [-0.4, -0.2) is 37.7 Å². The van der Waals surface area contributed by atoms with E-state index in [0.717, 1.165) is 12.8 Å². The van der Waals surface area contributed by atoms with E-state index in [9.17, 15) is 9.59 Å². The lowest BCUT2D eigenvalue weighted by molar-refractivity contribution is -0.137. The summed E-state index contributed by atoms with van der Waals surface area (Å²) in [6, 6.07) is 6.55. The highest BCUT2D eigenvalue weighted by Gasteiger charge is 2.18. The van der Waals surface area contributed by atoms with Crippen LogP contribution in [0, 0.1) is 0 Å². The van der Waals surface area contributed by atoms with Gasteiger partial charge in [-0.2, -0.15) is 0 Å². The zero-order chi connectivity index (χ0) is 14.4. The molecular weight excluding hydrogens is 260 g/mol. The van der Waals surface area contributed by atoms with Crippen molar-refractivity contribution in [2.24, 2.45) is 0 Å². The average Bonchev–Trinajstić information content (AvgIpc) is 2.48. The van der Waals surface area contributed by atoms with Crippen molar-refractivity contribution >= 4 is 11.8 Å². The smallest absolute Gasteiger partial charge is 0.379 e. The molecule has 1 aromatic rings. The minimum absolute atomic E-state index is 0.148. The van der Waals surface area contributed by atoms with Crippen LogP contribution in [0.1, 0.15) is 30.1 Å². The quantitative estimate of drug-likeness (QED) is 0.468. The Labute approximate surface area is 117 Å². The number of ether oxygens (including phenoxy) is 3. The Morgan fingerprint density at radius 3 is 2.45 bits per heavy atom. The monoisotopic (exact) mass is 278 g/mol. The first-order valence-corrected chi connectivity index (χ1v) is 6.76. The van der Waals surface area contributed by atoms with Crippen LogP contribution in [0.4, 0.5) is 0 Å². The standard InChI is InChI=1S/C15H18O5/c1-2-19-15(17)14(16)11-3-5-12(6-4-11)20-13-7-9-18-10-8-13/h3-6,13H,2,7-10H2,1H3. The molecule has 0 atom stereocenters. The Morgan fingerprint density at radius 2 is 1.85 bits per heavy atom. The first-order chi connectivity index (χ1) is 9.70. The zero-order valence-corrected chi connectivity index (χ0v) is 11.5. The molecule has 1 saturated heterocycles. The predicted octanol–water partition coefficient (Wildman–Crippen LogP) is 1.99. The lowest BCUT2D eigenvalue weighted by Crippen LogP contribution is -2.25. The van der Waals surface area contributed by atoms with Gasteiger partial charge in [-0.1, -0.05) is 0 Å². The number of esters is 1. The summed E-state index contributed by atoms with van der Waals surface area (Å²) in [5, 5.41) is 0. The summed E-state index contributed by atoms with van der Waals surface area (Å²) in [4.78, 5) is 23.0. The van der Waals surface area contributed by atoms with Crippen molar-refractivity contribution in [3.63, 3.8) is 0 Å². The van der Waals surface area contributed by atoms with Crippen molar-refractivity contribution in [1.82, 2.24) is 0 Å². The third-order valence-electron chi connectivity index (χ3n) is 3.05. The summed E-state index contributed by atoms with van der Waals surface area (Å²) in [7, 11) is 0. The molecule has 20 heavy (non-hydrogen) atoms. The highest BCUT2D eigenvalue weighted by atomic mass is 16.5. The molecule has 0 aliphatic carbocycles. The second kappa shape index (κ2) is 7.05. The lowest BCUT2D eigenvalue weighted by atomic mass is 10.1. The van der Waals surface area contributed by atoms with Gasteiger partial charge in [0.25, 0.3) is 5.78 Å². The van der Waals surface area contributed by atoms with Gasteiger partial charge < -0.3 is 14.2 Å². The van der Waals surface area contributed by atoms with Crippen molar-refractivity contribution in [2.75, 3.05) is 19.8 Å². The molecule has 1 aromatic carbocycles.